The molecule has 0 spiro atoms. The van der Waals surface area contributed by atoms with Crippen molar-refractivity contribution in [3.8, 4) is 17.2 Å². The van der Waals surface area contributed by atoms with Crippen molar-refractivity contribution in [1.82, 2.24) is 14.5 Å². The minimum Gasteiger partial charge on any atom is -0.493 e. The van der Waals surface area contributed by atoms with Crippen LogP contribution in [0.3, 0.4) is 0 Å². The van der Waals surface area contributed by atoms with Gasteiger partial charge in [0, 0.05) is 30.5 Å². The fourth-order valence-electron chi connectivity index (χ4n) is 4.53. The fourth-order valence-corrected chi connectivity index (χ4v) is 4.64. The smallest absolute Gasteiger partial charge is 0.161 e. The van der Waals surface area contributed by atoms with E-state index in [2.05, 4.69) is 16.0 Å². The first-order chi connectivity index (χ1) is 16.8. The largest absolute Gasteiger partial charge is 0.493 e. The van der Waals surface area contributed by atoms with E-state index in [9.17, 15) is 5.11 Å². The molecule has 1 saturated heterocycles. The molecule has 8 heteroatoms. The summed E-state index contributed by atoms with van der Waals surface area (Å²) in [7, 11) is 1.65. The number of nitrogens with zero attached hydrogens (tertiary/aromatic N) is 3. The number of hydrogen-bond donors (Lipinski definition) is 1. The Balaban J connectivity index is 1.33. The summed E-state index contributed by atoms with van der Waals surface area (Å²) in [6.45, 7) is 7.60. The average Bonchev–Trinajstić information content (AvgIpc) is 3.35. The second-order valence-corrected chi connectivity index (χ2v) is 9.71. The summed E-state index contributed by atoms with van der Waals surface area (Å²) in [6, 6.07) is 9.86. The second kappa shape index (κ2) is 11.3. The number of methoxy groups -OCH3 is 1. The number of β-amino-alcohol motifs (C(OH)–C–C–N with tert-alkyl or cyclic N) is 1. The number of aliphatic hydroxyl groups is 1. The Morgan fingerprint density at radius 3 is 2.63 bits per heavy atom. The molecular weight excluding hydrogens is 466 g/mol. The van der Waals surface area contributed by atoms with Crippen molar-refractivity contribution in [3.63, 3.8) is 0 Å². The molecule has 1 aliphatic heterocycles. The van der Waals surface area contributed by atoms with Crippen LogP contribution in [0.2, 0.25) is 5.02 Å². The molecule has 0 amide bonds. The summed E-state index contributed by atoms with van der Waals surface area (Å²) in [5.74, 6) is 2.16. The Morgan fingerprint density at radius 2 is 1.91 bits per heavy atom. The molecule has 0 aliphatic carbocycles. The Bertz CT molecular complexity index is 1100. The van der Waals surface area contributed by atoms with Gasteiger partial charge in [-0.25, -0.2) is 4.98 Å². The number of piperidine rings is 1. The van der Waals surface area contributed by atoms with Crippen molar-refractivity contribution < 1.29 is 19.3 Å². The molecular formula is C27H34ClN3O4. The van der Waals surface area contributed by atoms with Crippen molar-refractivity contribution >= 4 is 11.6 Å². The number of imidazole rings is 1. The Morgan fingerprint density at radius 1 is 1.11 bits per heavy atom. The standard InChI is InChI=1S/C27H34ClN3O4/c1-20-13-23(14-21(2)26(20)28)35-18-27(32)7-4-9-31(17-27)16-22-5-6-24(25(15-22)33-3)34-12-11-30-10-8-29-19-30/h5-6,8,10,13-15,19,32H,4,7,9,11-12,16-18H2,1-3H3. The lowest BCUT2D eigenvalue weighted by atomic mass is 9.93. The molecule has 1 fully saturated rings. The number of aryl methyl sites for hydroxylation is 2. The van der Waals surface area contributed by atoms with E-state index in [1.807, 2.05) is 48.9 Å². The maximum Gasteiger partial charge on any atom is 0.161 e. The first-order valence-electron chi connectivity index (χ1n) is 11.9. The first-order valence-corrected chi connectivity index (χ1v) is 12.3. The highest BCUT2D eigenvalue weighted by molar-refractivity contribution is 6.32. The summed E-state index contributed by atoms with van der Waals surface area (Å²) < 4.78 is 19.5. The lowest BCUT2D eigenvalue weighted by molar-refractivity contribution is -0.0621. The second-order valence-electron chi connectivity index (χ2n) is 9.33. The van der Waals surface area contributed by atoms with Gasteiger partial charge in [0.15, 0.2) is 11.5 Å². The van der Waals surface area contributed by atoms with Crippen LogP contribution >= 0.6 is 11.6 Å². The van der Waals surface area contributed by atoms with Crippen LogP contribution in [-0.2, 0) is 13.1 Å². The predicted octanol–water partition coefficient (Wildman–Crippen LogP) is 4.65. The molecule has 0 saturated carbocycles. The highest BCUT2D eigenvalue weighted by Crippen LogP contribution is 2.31. The van der Waals surface area contributed by atoms with E-state index >= 15 is 0 Å². The zero-order valence-electron chi connectivity index (χ0n) is 20.7. The summed E-state index contributed by atoms with van der Waals surface area (Å²) >= 11 is 6.27. The zero-order valence-corrected chi connectivity index (χ0v) is 21.4. The van der Waals surface area contributed by atoms with E-state index in [1.54, 1.807) is 19.6 Å². The molecule has 0 bridgehead atoms. The molecule has 0 radical (unpaired) electrons. The number of aromatic nitrogens is 2. The quantitative estimate of drug-likeness (QED) is 0.438. The van der Waals surface area contributed by atoms with Crippen molar-refractivity contribution in [2.24, 2.45) is 0 Å². The normalized spacial score (nSPS) is 18.4. The van der Waals surface area contributed by atoms with Crippen LogP contribution in [0.25, 0.3) is 0 Å². The third-order valence-electron chi connectivity index (χ3n) is 6.35. The van der Waals surface area contributed by atoms with Gasteiger partial charge in [0.2, 0.25) is 0 Å². The molecule has 188 valence electrons. The zero-order chi connectivity index (χ0) is 24.8. The van der Waals surface area contributed by atoms with Gasteiger partial charge >= 0.3 is 0 Å². The molecule has 4 rings (SSSR count). The number of halogens is 1. The molecule has 1 aliphatic rings. The minimum atomic E-state index is -0.903. The van der Waals surface area contributed by atoms with Crippen LogP contribution < -0.4 is 14.2 Å². The molecule has 3 aromatic rings. The van der Waals surface area contributed by atoms with Gasteiger partial charge in [-0.1, -0.05) is 17.7 Å². The Hall–Kier alpha value is -2.74. The van der Waals surface area contributed by atoms with Gasteiger partial charge in [0.05, 0.1) is 20.0 Å². The van der Waals surface area contributed by atoms with E-state index in [0.717, 1.165) is 40.4 Å². The number of likely N-dealkylation sites (tertiary alicyclic amines) is 1. The van der Waals surface area contributed by atoms with Crippen molar-refractivity contribution in [1.29, 1.82) is 0 Å². The maximum atomic E-state index is 11.3. The van der Waals surface area contributed by atoms with Crippen LogP contribution in [0, 0.1) is 13.8 Å². The summed E-state index contributed by atoms with van der Waals surface area (Å²) in [6.07, 6.45) is 7.05. The van der Waals surface area contributed by atoms with Gasteiger partial charge in [-0.3, -0.25) is 4.90 Å². The van der Waals surface area contributed by atoms with Gasteiger partial charge in [-0.05, 0) is 74.2 Å². The van der Waals surface area contributed by atoms with Crippen LogP contribution in [0.5, 0.6) is 17.2 Å². The minimum absolute atomic E-state index is 0.247. The SMILES string of the molecule is COc1cc(CN2CCCC(O)(COc3cc(C)c(Cl)c(C)c3)C2)ccc1OCCn1ccnc1. The highest BCUT2D eigenvalue weighted by Gasteiger charge is 2.34. The van der Waals surface area contributed by atoms with E-state index in [4.69, 9.17) is 25.8 Å². The van der Waals surface area contributed by atoms with Crippen molar-refractivity contribution in [2.45, 2.75) is 45.4 Å². The van der Waals surface area contributed by atoms with E-state index < -0.39 is 5.60 Å². The first kappa shape index (κ1) is 25.4. The third kappa shape index (κ3) is 6.69. The van der Waals surface area contributed by atoms with Gasteiger partial charge in [-0.2, -0.15) is 0 Å². The molecule has 7 nitrogen and oxygen atoms in total. The average molecular weight is 500 g/mol. The van der Waals surface area contributed by atoms with Gasteiger partial charge in [0.25, 0.3) is 0 Å². The molecule has 2 heterocycles. The highest BCUT2D eigenvalue weighted by atomic mass is 35.5. The number of ether oxygens (including phenoxy) is 3. The number of rotatable bonds is 10. The molecule has 1 aromatic heterocycles. The Kier molecular flexibility index (Phi) is 8.21. The maximum absolute atomic E-state index is 11.3. The molecule has 1 N–H and O–H groups in total. The van der Waals surface area contributed by atoms with Gasteiger partial charge in [0.1, 0.15) is 24.6 Å². The molecule has 1 atom stereocenters. The topological polar surface area (TPSA) is 69.0 Å². The fraction of sp³-hybridized carbons (Fsp3) is 0.444. The Labute approximate surface area is 212 Å². The molecule has 35 heavy (non-hydrogen) atoms. The van der Waals surface area contributed by atoms with Crippen LogP contribution in [0.1, 0.15) is 29.5 Å². The summed E-state index contributed by atoms with van der Waals surface area (Å²) in [4.78, 5) is 6.31. The van der Waals surface area contributed by atoms with Crippen molar-refractivity contribution in [3.05, 3.63) is 70.8 Å². The lowest BCUT2D eigenvalue weighted by Crippen LogP contribution is -2.51. The van der Waals surface area contributed by atoms with E-state index in [1.165, 1.54) is 0 Å². The summed E-state index contributed by atoms with van der Waals surface area (Å²) in [5, 5.41) is 12.0. The van der Waals surface area contributed by atoms with Gasteiger partial charge in [-0.15, -0.1) is 0 Å². The monoisotopic (exact) mass is 499 g/mol. The van der Waals surface area contributed by atoms with Crippen LogP contribution in [-0.4, -0.2) is 58.6 Å². The number of benzene rings is 2. The van der Waals surface area contributed by atoms with Gasteiger partial charge < -0.3 is 23.9 Å². The predicted molar refractivity (Wildman–Crippen MR) is 137 cm³/mol. The molecule has 2 aromatic carbocycles. The lowest BCUT2D eigenvalue weighted by Gasteiger charge is -2.39. The van der Waals surface area contributed by atoms with Crippen LogP contribution in [0.15, 0.2) is 49.1 Å². The van der Waals surface area contributed by atoms with E-state index in [0.29, 0.717) is 44.2 Å². The summed E-state index contributed by atoms with van der Waals surface area (Å²) in [5.41, 5.74) is 2.15. The number of hydrogen-bond acceptors (Lipinski definition) is 6. The molecule has 1 unspecified atom stereocenters. The van der Waals surface area contributed by atoms with Crippen LogP contribution in [0.4, 0.5) is 0 Å². The van der Waals surface area contributed by atoms with E-state index in [-0.39, 0.29) is 6.61 Å². The van der Waals surface area contributed by atoms with Crippen molar-refractivity contribution in [2.75, 3.05) is 33.4 Å². The third-order valence-corrected chi connectivity index (χ3v) is 6.95.